The van der Waals surface area contributed by atoms with E-state index in [2.05, 4.69) is 139 Å². The van der Waals surface area contributed by atoms with E-state index < -0.39 is 14.8 Å². The second-order valence-electron chi connectivity index (χ2n) is 10.4. The minimum atomic E-state index is -3.79. The van der Waals surface area contributed by atoms with Gasteiger partial charge in [0.05, 0.1) is 0 Å². The van der Waals surface area contributed by atoms with Crippen LogP contribution in [0.3, 0.4) is 0 Å². The summed E-state index contributed by atoms with van der Waals surface area (Å²) in [7, 11) is 0. The van der Waals surface area contributed by atoms with E-state index in [-0.39, 0.29) is 0 Å². The molecule has 172 valence electrons. The van der Waals surface area contributed by atoms with Gasteiger partial charge in [-0.05, 0) is 0 Å². The summed E-state index contributed by atoms with van der Waals surface area (Å²) in [4.78, 5) is 0. The van der Waals surface area contributed by atoms with Gasteiger partial charge in [0.15, 0.2) is 0 Å². The van der Waals surface area contributed by atoms with Gasteiger partial charge in [0.25, 0.3) is 0 Å². The molecule has 0 atom stereocenters. The zero-order valence-electron chi connectivity index (χ0n) is 20.4. The first-order valence-corrected chi connectivity index (χ1v) is 17.6. The molecule has 2 aliphatic rings. The summed E-state index contributed by atoms with van der Waals surface area (Å²) in [5.74, 6) is 0. The Balaban J connectivity index is 1.73. The number of benzene rings is 4. The Morgan fingerprint density at radius 2 is 1.14 bits per heavy atom. The molecule has 2 aliphatic carbocycles. The van der Waals surface area contributed by atoms with Crippen molar-refractivity contribution in [3.05, 3.63) is 154 Å². The normalized spacial score (nSPS) is 15.0. The van der Waals surface area contributed by atoms with Crippen LogP contribution in [0.1, 0.15) is 39.8 Å². The van der Waals surface area contributed by atoms with E-state index in [9.17, 15) is 0 Å². The Morgan fingerprint density at radius 1 is 0.657 bits per heavy atom. The average molecular weight is 488 g/mol. The summed E-state index contributed by atoms with van der Waals surface area (Å²) in [6.45, 7) is 2.39. The van der Waals surface area contributed by atoms with Crippen molar-refractivity contribution < 1.29 is 14.8 Å². The first-order chi connectivity index (χ1) is 17.2. The van der Waals surface area contributed by atoms with Gasteiger partial charge >= 0.3 is 211 Å². The van der Waals surface area contributed by atoms with Crippen LogP contribution >= 0.6 is 0 Å². The molecule has 0 heterocycles. The molecule has 0 aliphatic heterocycles. The zero-order chi connectivity index (χ0) is 23.7. The summed E-state index contributed by atoms with van der Waals surface area (Å²) in [6.07, 6.45) is 8.25. The van der Waals surface area contributed by atoms with Crippen LogP contribution in [0.2, 0.25) is 0 Å². The van der Waals surface area contributed by atoms with Crippen LogP contribution in [-0.2, 0) is 24.3 Å². The van der Waals surface area contributed by atoms with Crippen LogP contribution in [0.25, 0.3) is 11.1 Å². The van der Waals surface area contributed by atoms with Gasteiger partial charge < -0.3 is 0 Å². The molecule has 4 aromatic carbocycles. The third-order valence-corrected chi connectivity index (χ3v) is 21.3. The van der Waals surface area contributed by atoms with Crippen molar-refractivity contribution in [1.29, 1.82) is 0 Å². The summed E-state index contributed by atoms with van der Waals surface area (Å²) in [5, 5.41) is 0. The first-order valence-electron chi connectivity index (χ1n) is 12.8. The molecule has 0 nitrogen and oxygen atoms in total. The van der Waals surface area contributed by atoms with E-state index in [4.69, 9.17) is 0 Å². The summed E-state index contributed by atoms with van der Waals surface area (Å²) in [5.41, 5.74) is 8.85. The molecule has 1 heteroatoms. The van der Waals surface area contributed by atoms with Crippen LogP contribution in [0.4, 0.5) is 0 Å². The topological polar surface area (TPSA) is 0 Å². The maximum absolute atomic E-state index is 3.79. The van der Waals surface area contributed by atoms with Gasteiger partial charge in [-0.15, -0.1) is 0 Å². The predicted octanol–water partition coefficient (Wildman–Crippen LogP) is 8.51. The number of hydrogen-bond donors (Lipinski definition) is 0. The van der Waals surface area contributed by atoms with E-state index in [1.54, 1.807) is 3.88 Å². The number of rotatable bonds is 6. The van der Waals surface area contributed by atoms with Crippen molar-refractivity contribution in [2.75, 3.05) is 0 Å². The summed E-state index contributed by atoms with van der Waals surface area (Å²) in [6, 6.07) is 41.0. The van der Waals surface area contributed by atoms with Gasteiger partial charge in [-0.25, -0.2) is 0 Å². The average Bonchev–Trinajstić information content (AvgIpc) is 3.58. The molecule has 0 saturated carbocycles. The van der Waals surface area contributed by atoms with E-state index in [0.29, 0.717) is 4.22 Å². The van der Waals surface area contributed by atoms with Crippen LogP contribution < -0.4 is 0 Å². The molecule has 0 unspecified atom stereocenters. The van der Waals surface area contributed by atoms with Crippen molar-refractivity contribution >= 4 is 4.31 Å². The van der Waals surface area contributed by atoms with Crippen LogP contribution in [0.5, 0.6) is 0 Å². The molecule has 6 rings (SSSR count). The SMILES string of the molecule is C[CH]=[Ti]([CH2]c1ccccc1)([CH2]c1ccccc1)([C]1=CC=CC1)[CH]1c2ccccc2-c2ccccc21. The Labute approximate surface area is 210 Å². The molecule has 0 N–H and O–H groups in total. The van der Waals surface area contributed by atoms with Gasteiger partial charge in [0.2, 0.25) is 0 Å². The molecule has 0 spiro atoms. The molecular formula is C34H32Ti. The molecule has 4 aromatic rings. The maximum atomic E-state index is 2.76. The van der Waals surface area contributed by atoms with Gasteiger partial charge in [0, 0.05) is 0 Å². The van der Waals surface area contributed by atoms with Gasteiger partial charge in [-0.1, -0.05) is 0 Å². The Bertz CT molecular complexity index is 1410. The van der Waals surface area contributed by atoms with Gasteiger partial charge in [-0.2, -0.15) is 0 Å². The predicted molar refractivity (Wildman–Crippen MR) is 148 cm³/mol. The Kier molecular flexibility index (Phi) is 5.68. The minimum absolute atomic E-state index is 0.413. The van der Waals surface area contributed by atoms with E-state index in [1.807, 2.05) is 0 Å². The van der Waals surface area contributed by atoms with Crippen molar-refractivity contribution in [2.24, 2.45) is 0 Å². The van der Waals surface area contributed by atoms with Gasteiger partial charge in [0.1, 0.15) is 0 Å². The fourth-order valence-corrected chi connectivity index (χ4v) is 19.9. The molecule has 0 saturated heterocycles. The molecular weight excluding hydrogens is 456 g/mol. The number of allylic oxidation sites excluding steroid dienone is 4. The Hall–Kier alpha value is -3.06. The molecule has 35 heavy (non-hydrogen) atoms. The van der Waals surface area contributed by atoms with Crippen molar-refractivity contribution in [1.82, 2.24) is 0 Å². The Morgan fingerprint density at radius 3 is 1.60 bits per heavy atom. The van der Waals surface area contributed by atoms with Crippen LogP contribution in [0.15, 0.2) is 131 Å². The standard InChI is InChI=1S/C13H9.2C7H7.C5H5.C2H4.Ti/c1-3-7-12-10(5-1)9-11-6-2-4-8-13(11)12;2*1-7-5-3-2-4-6-7;1-2-4-5-3-1;1-2;/h1-9H;2*2-6H,1H2;1-3H,4H2;1H,2H3;. The van der Waals surface area contributed by atoms with Crippen molar-refractivity contribution in [3.63, 3.8) is 0 Å². The third-order valence-electron chi connectivity index (χ3n) is 8.80. The fourth-order valence-electron chi connectivity index (χ4n) is 7.25. The van der Waals surface area contributed by atoms with E-state index >= 15 is 0 Å². The molecule has 0 aromatic heterocycles. The van der Waals surface area contributed by atoms with E-state index in [1.165, 1.54) is 33.4 Å². The van der Waals surface area contributed by atoms with E-state index in [0.717, 1.165) is 15.9 Å². The summed E-state index contributed by atoms with van der Waals surface area (Å²) < 4.78 is 7.17. The molecule has 0 amide bonds. The number of hydrogen-bond acceptors (Lipinski definition) is 0. The van der Waals surface area contributed by atoms with Crippen LogP contribution in [-0.4, -0.2) is 4.31 Å². The fraction of sp³-hybridized carbons (Fsp3) is 0.147. The van der Waals surface area contributed by atoms with Gasteiger partial charge in [-0.3, -0.25) is 0 Å². The van der Waals surface area contributed by atoms with Crippen molar-refractivity contribution in [3.8, 4) is 11.1 Å². The summed E-state index contributed by atoms with van der Waals surface area (Å²) >= 11 is -3.79. The molecule has 0 radical (unpaired) electrons. The third kappa shape index (κ3) is 3.51. The van der Waals surface area contributed by atoms with Crippen molar-refractivity contribution in [2.45, 2.75) is 27.0 Å². The second kappa shape index (κ2) is 8.87. The van der Waals surface area contributed by atoms with Crippen LogP contribution in [0, 0.1) is 0 Å². The number of fused-ring (bicyclic) bond motifs is 3. The first kappa shape index (κ1) is 22.4. The molecule has 0 fully saturated rings. The monoisotopic (exact) mass is 488 g/mol. The second-order valence-corrected chi connectivity index (χ2v) is 20.2. The zero-order valence-corrected chi connectivity index (χ0v) is 22.0. The quantitative estimate of drug-likeness (QED) is 0.239. The molecule has 0 bridgehead atoms.